The average molecular weight is 381 g/mol. The summed E-state index contributed by atoms with van der Waals surface area (Å²) in [6.45, 7) is 4.39. The standard InChI is InChI=1S/C22H23NO5/c1-3-11-26-19-8-6-5-7-18(19)23-21(24)14-27-16-9-10-17-15(4-2)12-22(25)28-20(17)13-16/h5-10,12-13H,3-4,11,14H2,1-2H3,(H,23,24). The van der Waals surface area contributed by atoms with Gasteiger partial charge in [-0.3, -0.25) is 4.79 Å². The molecule has 0 saturated heterocycles. The highest BCUT2D eigenvalue weighted by Gasteiger charge is 2.10. The summed E-state index contributed by atoms with van der Waals surface area (Å²) in [5.41, 5.74) is 1.56. The zero-order chi connectivity index (χ0) is 19.9. The van der Waals surface area contributed by atoms with Gasteiger partial charge < -0.3 is 19.2 Å². The molecule has 6 heteroatoms. The first kappa shape index (κ1) is 19.5. The van der Waals surface area contributed by atoms with Crippen LogP contribution in [-0.2, 0) is 11.2 Å². The molecule has 0 atom stereocenters. The fourth-order valence-electron chi connectivity index (χ4n) is 2.84. The third-order valence-electron chi connectivity index (χ3n) is 4.18. The largest absolute Gasteiger partial charge is 0.491 e. The maximum Gasteiger partial charge on any atom is 0.336 e. The molecule has 0 saturated carbocycles. The molecule has 2 aromatic carbocycles. The van der Waals surface area contributed by atoms with Gasteiger partial charge in [0, 0.05) is 17.5 Å². The van der Waals surface area contributed by atoms with E-state index in [1.165, 1.54) is 6.07 Å². The third kappa shape index (κ3) is 4.71. The van der Waals surface area contributed by atoms with Gasteiger partial charge in [0.1, 0.15) is 17.1 Å². The SMILES string of the molecule is CCCOc1ccccc1NC(=O)COc1ccc2c(CC)cc(=O)oc2c1. The van der Waals surface area contributed by atoms with Gasteiger partial charge >= 0.3 is 5.63 Å². The smallest absolute Gasteiger partial charge is 0.336 e. The average Bonchev–Trinajstić information content (AvgIpc) is 2.70. The lowest BCUT2D eigenvalue weighted by atomic mass is 10.1. The molecule has 0 unspecified atom stereocenters. The number of hydrogen-bond donors (Lipinski definition) is 1. The monoisotopic (exact) mass is 381 g/mol. The van der Waals surface area contributed by atoms with E-state index in [0.717, 1.165) is 23.8 Å². The minimum atomic E-state index is -0.400. The van der Waals surface area contributed by atoms with Crippen LogP contribution in [-0.4, -0.2) is 19.1 Å². The number of fused-ring (bicyclic) bond motifs is 1. The second-order valence-electron chi connectivity index (χ2n) is 6.28. The van der Waals surface area contributed by atoms with Crippen LogP contribution >= 0.6 is 0 Å². The second kappa shape index (κ2) is 9.08. The molecule has 28 heavy (non-hydrogen) atoms. The van der Waals surface area contributed by atoms with Crippen molar-refractivity contribution in [1.82, 2.24) is 0 Å². The number of carbonyl (C=O) groups excluding carboxylic acids is 1. The summed E-state index contributed by atoms with van der Waals surface area (Å²) in [5, 5.41) is 3.65. The summed E-state index contributed by atoms with van der Waals surface area (Å²) in [6.07, 6.45) is 1.60. The number of nitrogens with one attached hydrogen (secondary N) is 1. The van der Waals surface area contributed by atoms with Gasteiger partial charge in [0.15, 0.2) is 6.61 Å². The van der Waals surface area contributed by atoms with Gasteiger partial charge in [-0.05, 0) is 42.7 Å². The van der Waals surface area contributed by atoms with Crippen LogP contribution in [0.4, 0.5) is 5.69 Å². The first-order valence-corrected chi connectivity index (χ1v) is 9.32. The molecule has 146 valence electrons. The predicted octanol–water partition coefficient (Wildman–Crippen LogP) is 4.16. The normalized spacial score (nSPS) is 10.6. The van der Waals surface area contributed by atoms with E-state index in [0.29, 0.717) is 29.4 Å². The van der Waals surface area contributed by atoms with Crippen LogP contribution in [0, 0.1) is 0 Å². The van der Waals surface area contributed by atoms with Gasteiger partial charge in [-0.25, -0.2) is 4.79 Å². The van der Waals surface area contributed by atoms with Crippen molar-refractivity contribution in [3.05, 3.63) is 64.5 Å². The molecule has 3 aromatic rings. The number of ether oxygens (including phenoxy) is 2. The van der Waals surface area contributed by atoms with Crippen molar-refractivity contribution in [2.75, 3.05) is 18.5 Å². The van der Waals surface area contributed by atoms with Crippen LogP contribution in [0.5, 0.6) is 11.5 Å². The van der Waals surface area contributed by atoms with Crippen LogP contribution in [0.25, 0.3) is 11.0 Å². The number of aryl methyl sites for hydroxylation is 1. The number of hydrogen-bond acceptors (Lipinski definition) is 5. The van der Waals surface area contributed by atoms with E-state index in [-0.39, 0.29) is 12.5 Å². The number of benzene rings is 2. The molecule has 0 aliphatic heterocycles. The van der Waals surface area contributed by atoms with Gasteiger partial charge in [-0.15, -0.1) is 0 Å². The molecule has 0 bridgehead atoms. The Labute approximate surface area is 163 Å². The van der Waals surface area contributed by atoms with Crippen LogP contribution < -0.4 is 20.4 Å². The Morgan fingerprint density at radius 3 is 2.68 bits per heavy atom. The fourth-order valence-corrected chi connectivity index (χ4v) is 2.84. The van der Waals surface area contributed by atoms with Crippen molar-refractivity contribution in [2.24, 2.45) is 0 Å². The summed E-state index contributed by atoms with van der Waals surface area (Å²) in [5.74, 6) is 0.767. The quantitative estimate of drug-likeness (QED) is 0.593. The van der Waals surface area contributed by atoms with Crippen molar-refractivity contribution in [2.45, 2.75) is 26.7 Å². The number of amides is 1. The molecule has 0 fully saturated rings. The Hall–Kier alpha value is -3.28. The molecule has 3 rings (SSSR count). The van der Waals surface area contributed by atoms with E-state index >= 15 is 0 Å². The van der Waals surface area contributed by atoms with E-state index in [9.17, 15) is 9.59 Å². The zero-order valence-corrected chi connectivity index (χ0v) is 16.0. The lowest BCUT2D eigenvalue weighted by molar-refractivity contribution is -0.118. The molecule has 0 radical (unpaired) electrons. The van der Waals surface area contributed by atoms with E-state index in [2.05, 4.69) is 5.32 Å². The fraction of sp³-hybridized carbons (Fsp3) is 0.273. The lowest BCUT2D eigenvalue weighted by Crippen LogP contribution is -2.20. The summed E-state index contributed by atoms with van der Waals surface area (Å²) in [6, 6.07) is 14.0. The number of rotatable bonds is 8. The topological polar surface area (TPSA) is 77.8 Å². The summed E-state index contributed by atoms with van der Waals surface area (Å²) in [4.78, 5) is 23.9. The molecule has 0 aliphatic rings. The van der Waals surface area contributed by atoms with E-state index in [4.69, 9.17) is 13.9 Å². The second-order valence-corrected chi connectivity index (χ2v) is 6.28. The van der Waals surface area contributed by atoms with Gasteiger partial charge in [-0.2, -0.15) is 0 Å². The molecular formula is C22H23NO5. The zero-order valence-electron chi connectivity index (χ0n) is 16.0. The van der Waals surface area contributed by atoms with Crippen molar-refractivity contribution >= 4 is 22.6 Å². The molecule has 1 heterocycles. The van der Waals surface area contributed by atoms with Crippen LogP contribution in [0.15, 0.2) is 57.7 Å². The molecule has 0 aliphatic carbocycles. The first-order chi connectivity index (χ1) is 13.6. The first-order valence-electron chi connectivity index (χ1n) is 9.32. The third-order valence-corrected chi connectivity index (χ3v) is 4.18. The Morgan fingerprint density at radius 2 is 1.89 bits per heavy atom. The Balaban J connectivity index is 1.67. The minimum Gasteiger partial charge on any atom is -0.491 e. The Bertz CT molecular complexity index is 1020. The van der Waals surface area contributed by atoms with Crippen molar-refractivity contribution in [3.8, 4) is 11.5 Å². The molecule has 1 N–H and O–H groups in total. The molecule has 1 aromatic heterocycles. The molecular weight excluding hydrogens is 358 g/mol. The van der Waals surface area contributed by atoms with Gasteiger partial charge in [0.25, 0.3) is 5.91 Å². The van der Waals surface area contributed by atoms with Crippen LogP contribution in [0.1, 0.15) is 25.8 Å². The number of anilines is 1. The highest BCUT2D eigenvalue weighted by Crippen LogP contribution is 2.25. The van der Waals surface area contributed by atoms with Crippen molar-refractivity contribution < 1.29 is 18.7 Å². The number of carbonyl (C=O) groups is 1. The van der Waals surface area contributed by atoms with Crippen molar-refractivity contribution in [3.63, 3.8) is 0 Å². The van der Waals surface area contributed by atoms with Crippen LogP contribution in [0.3, 0.4) is 0 Å². The summed E-state index contributed by atoms with van der Waals surface area (Å²) >= 11 is 0. The maximum atomic E-state index is 12.3. The van der Waals surface area contributed by atoms with Gasteiger partial charge in [-0.1, -0.05) is 26.0 Å². The van der Waals surface area contributed by atoms with Gasteiger partial charge in [0.2, 0.25) is 0 Å². The van der Waals surface area contributed by atoms with Crippen LogP contribution in [0.2, 0.25) is 0 Å². The highest BCUT2D eigenvalue weighted by atomic mass is 16.5. The maximum absolute atomic E-state index is 12.3. The molecule has 1 amide bonds. The molecule has 0 spiro atoms. The minimum absolute atomic E-state index is 0.175. The van der Waals surface area contributed by atoms with E-state index < -0.39 is 5.63 Å². The summed E-state index contributed by atoms with van der Waals surface area (Å²) in [7, 11) is 0. The van der Waals surface area contributed by atoms with Crippen molar-refractivity contribution in [1.29, 1.82) is 0 Å². The Morgan fingerprint density at radius 1 is 1.07 bits per heavy atom. The lowest BCUT2D eigenvalue weighted by Gasteiger charge is -2.12. The molecule has 6 nitrogen and oxygen atoms in total. The van der Waals surface area contributed by atoms with Gasteiger partial charge in [0.05, 0.1) is 12.3 Å². The van der Waals surface area contributed by atoms with E-state index in [1.54, 1.807) is 18.2 Å². The summed E-state index contributed by atoms with van der Waals surface area (Å²) < 4.78 is 16.4. The van der Waals surface area contributed by atoms with E-state index in [1.807, 2.05) is 38.1 Å². The Kier molecular flexibility index (Phi) is 6.32. The highest BCUT2D eigenvalue weighted by molar-refractivity contribution is 5.93. The number of para-hydroxylation sites is 2. The predicted molar refractivity (Wildman–Crippen MR) is 108 cm³/mol.